The van der Waals surface area contributed by atoms with E-state index in [2.05, 4.69) is 0 Å². The van der Waals surface area contributed by atoms with Crippen molar-refractivity contribution in [1.82, 2.24) is 0 Å². The summed E-state index contributed by atoms with van der Waals surface area (Å²) in [6.45, 7) is 1.69. The van der Waals surface area contributed by atoms with Gasteiger partial charge in [-0.25, -0.2) is 0 Å². The summed E-state index contributed by atoms with van der Waals surface area (Å²) in [6.07, 6.45) is 0.471. The number of rotatable bonds is 2. The fourth-order valence-corrected chi connectivity index (χ4v) is 1.33. The molecule has 14 heavy (non-hydrogen) atoms. The second-order valence-electron chi connectivity index (χ2n) is 2.58. The van der Waals surface area contributed by atoms with Crippen molar-refractivity contribution >= 4 is 21.7 Å². The number of hydrogen-bond acceptors (Lipinski definition) is 2. The van der Waals surface area contributed by atoms with Crippen molar-refractivity contribution < 1.29 is 13.0 Å². The van der Waals surface area contributed by atoms with Crippen LogP contribution in [0.5, 0.6) is 0 Å². The zero-order chi connectivity index (χ0) is 11.0. The van der Waals surface area contributed by atoms with Crippen molar-refractivity contribution in [2.24, 2.45) is 0 Å². The molecule has 0 aliphatic rings. The minimum atomic E-state index is -3.67. The van der Waals surface area contributed by atoms with E-state index in [1.165, 1.54) is 0 Å². The Morgan fingerprint density at radius 2 is 1.79 bits per heavy atom. The second-order valence-corrected chi connectivity index (χ2v) is 4.59. The maximum Gasteiger partial charge on any atom is 0.264 e. The minimum absolute atomic E-state index is 0.132. The van der Waals surface area contributed by atoms with Crippen LogP contribution in [0.2, 0.25) is 5.02 Å². The first-order valence-corrected chi connectivity index (χ1v) is 6.10. The van der Waals surface area contributed by atoms with E-state index >= 15 is 0 Å². The van der Waals surface area contributed by atoms with Crippen molar-refractivity contribution in [3.63, 3.8) is 0 Å². The topological polar surface area (TPSA) is 54.4 Å². The lowest BCUT2D eigenvalue weighted by molar-refractivity contribution is 0.482. The fraction of sp³-hybridized carbons (Fsp3) is 0.333. The fourth-order valence-electron chi connectivity index (χ4n) is 0.673. The van der Waals surface area contributed by atoms with E-state index in [-0.39, 0.29) is 5.75 Å². The van der Waals surface area contributed by atoms with Crippen LogP contribution in [0.1, 0.15) is 13.3 Å². The summed E-state index contributed by atoms with van der Waals surface area (Å²) < 4.78 is 27.6. The van der Waals surface area contributed by atoms with Crippen LogP contribution < -0.4 is 0 Å². The van der Waals surface area contributed by atoms with Crippen LogP contribution in [0.4, 0.5) is 0 Å². The summed E-state index contributed by atoms with van der Waals surface area (Å²) in [6, 6.07) is 9.44. The average Bonchev–Trinajstić information content (AvgIpc) is 2.04. The van der Waals surface area contributed by atoms with E-state index in [9.17, 15) is 8.42 Å². The lowest BCUT2D eigenvalue weighted by Gasteiger charge is -1.85. The SMILES string of the molecule is CCCS(=O)(=O)O.Clc1ccccc1. The highest BCUT2D eigenvalue weighted by Crippen LogP contribution is 2.03. The van der Waals surface area contributed by atoms with Crippen LogP contribution in [0, 0.1) is 0 Å². The first-order chi connectivity index (χ1) is 6.45. The standard InChI is InChI=1S/C6H5Cl.C3H8O3S/c7-6-4-2-1-3-5-6;1-2-3-7(4,5)6/h1-5H;2-3H2,1H3,(H,4,5,6). The molecule has 0 aromatic heterocycles. The van der Waals surface area contributed by atoms with Crippen molar-refractivity contribution in [2.45, 2.75) is 13.3 Å². The largest absolute Gasteiger partial charge is 0.286 e. The zero-order valence-corrected chi connectivity index (χ0v) is 9.42. The van der Waals surface area contributed by atoms with Crippen molar-refractivity contribution in [2.75, 3.05) is 5.75 Å². The molecule has 0 amide bonds. The van der Waals surface area contributed by atoms with Crippen molar-refractivity contribution in [3.8, 4) is 0 Å². The quantitative estimate of drug-likeness (QED) is 0.804. The molecule has 0 unspecified atom stereocenters. The molecule has 0 bridgehead atoms. The van der Waals surface area contributed by atoms with Crippen LogP contribution in [0.3, 0.4) is 0 Å². The molecule has 0 saturated carbocycles. The molecule has 0 aliphatic heterocycles. The van der Waals surface area contributed by atoms with Gasteiger partial charge in [0.25, 0.3) is 10.1 Å². The summed E-state index contributed by atoms with van der Waals surface area (Å²) in [4.78, 5) is 0. The Kier molecular flexibility index (Phi) is 6.53. The summed E-state index contributed by atoms with van der Waals surface area (Å²) in [5, 5.41) is 0.794. The highest BCUT2D eigenvalue weighted by molar-refractivity contribution is 7.85. The molecule has 80 valence electrons. The van der Waals surface area contributed by atoms with Crippen molar-refractivity contribution in [3.05, 3.63) is 35.4 Å². The van der Waals surface area contributed by atoms with E-state index < -0.39 is 10.1 Å². The molecular formula is C9H13ClO3S. The maximum absolute atomic E-state index is 9.79. The third-order valence-electron chi connectivity index (χ3n) is 1.20. The Labute approximate surface area is 89.5 Å². The molecule has 0 aliphatic carbocycles. The van der Waals surface area contributed by atoms with Gasteiger partial charge in [0.05, 0.1) is 5.75 Å². The molecule has 0 fully saturated rings. The highest BCUT2D eigenvalue weighted by Gasteiger charge is 1.98. The number of hydrogen-bond donors (Lipinski definition) is 1. The first-order valence-electron chi connectivity index (χ1n) is 4.11. The predicted octanol–water partition coefficient (Wildman–Crippen LogP) is 2.62. The van der Waals surface area contributed by atoms with Gasteiger partial charge in [-0.2, -0.15) is 8.42 Å². The summed E-state index contributed by atoms with van der Waals surface area (Å²) in [7, 11) is -3.67. The van der Waals surface area contributed by atoms with Crippen LogP contribution in [0.15, 0.2) is 30.3 Å². The van der Waals surface area contributed by atoms with Gasteiger partial charge in [0.15, 0.2) is 0 Å². The molecule has 5 heteroatoms. The summed E-state index contributed by atoms with van der Waals surface area (Å²) >= 11 is 5.54. The molecule has 0 atom stereocenters. The molecule has 1 rings (SSSR count). The molecule has 0 radical (unpaired) electrons. The first kappa shape index (κ1) is 13.4. The molecule has 1 aromatic carbocycles. The Morgan fingerprint density at radius 3 is 1.93 bits per heavy atom. The van der Waals surface area contributed by atoms with Gasteiger partial charge in [-0.15, -0.1) is 0 Å². The summed E-state index contributed by atoms with van der Waals surface area (Å²) in [5.74, 6) is -0.132. The van der Waals surface area contributed by atoms with E-state index in [1.807, 2.05) is 30.3 Å². The van der Waals surface area contributed by atoms with Gasteiger partial charge >= 0.3 is 0 Å². The van der Waals surface area contributed by atoms with Gasteiger partial charge in [0.1, 0.15) is 0 Å². The molecule has 0 spiro atoms. The molecule has 3 nitrogen and oxygen atoms in total. The Balaban J connectivity index is 0.000000241. The monoisotopic (exact) mass is 236 g/mol. The van der Waals surface area contributed by atoms with Gasteiger partial charge in [0, 0.05) is 5.02 Å². The van der Waals surface area contributed by atoms with Crippen LogP contribution in [0.25, 0.3) is 0 Å². The predicted molar refractivity (Wildman–Crippen MR) is 58.2 cm³/mol. The van der Waals surface area contributed by atoms with E-state index in [0.717, 1.165) is 5.02 Å². The molecule has 1 N–H and O–H groups in total. The zero-order valence-electron chi connectivity index (χ0n) is 7.85. The molecule has 0 heterocycles. The van der Waals surface area contributed by atoms with Crippen LogP contribution >= 0.6 is 11.6 Å². The molecule has 1 aromatic rings. The second kappa shape index (κ2) is 6.81. The van der Waals surface area contributed by atoms with Gasteiger partial charge in [-0.3, -0.25) is 4.55 Å². The molecular weight excluding hydrogens is 224 g/mol. The van der Waals surface area contributed by atoms with Gasteiger partial charge in [-0.1, -0.05) is 36.7 Å². The third-order valence-corrected chi connectivity index (χ3v) is 2.37. The number of halogens is 1. The smallest absolute Gasteiger partial charge is 0.264 e. The lowest BCUT2D eigenvalue weighted by Crippen LogP contribution is -2.01. The van der Waals surface area contributed by atoms with Crippen molar-refractivity contribution in [1.29, 1.82) is 0 Å². The lowest BCUT2D eigenvalue weighted by atomic mass is 10.4. The minimum Gasteiger partial charge on any atom is -0.286 e. The van der Waals surface area contributed by atoms with Gasteiger partial charge in [0.2, 0.25) is 0 Å². The van der Waals surface area contributed by atoms with Gasteiger partial charge in [-0.05, 0) is 18.6 Å². The van der Waals surface area contributed by atoms with E-state index in [1.54, 1.807) is 6.92 Å². The molecule has 0 saturated heterocycles. The van der Waals surface area contributed by atoms with Gasteiger partial charge < -0.3 is 0 Å². The highest BCUT2D eigenvalue weighted by atomic mass is 35.5. The Morgan fingerprint density at radius 1 is 1.29 bits per heavy atom. The average molecular weight is 237 g/mol. The van der Waals surface area contributed by atoms with E-state index in [4.69, 9.17) is 16.2 Å². The number of benzene rings is 1. The van der Waals surface area contributed by atoms with Crippen LogP contribution in [-0.4, -0.2) is 18.7 Å². The Bertz CT molecular complexity index is 334. The maximum atomic E-state index is 9.79. The Hall–Kier alpha value is -0.580. The van der Waals surface area contributed by atoms with E-state index in [0.29, 0.717) is 6.42 Å². The normalized spacial score (nSPS) is 10.2. The third kappa shape index (κ3) is 9.51. The van der Waals surface area contributed by atoms with Crippen LogP contribution in [-0.2, 0) is 10.1 Å². The summed E-state index contributed by atoms with van der Waals surface area (Å²) in [5.41, 5.74) is 0.